The second-order valence-electron chi connectivity index (χ2n) is 4.28. The molecule has 5 nitrogen and oxygen atoms in total. The van der Waals surface area contributed by atoms with Gasteiger partial charge in [0.15, 0.2) is 6.10 Å². The van der Waals surface area contributed by atoms with Crippen LogP contribution in [0.4, 0.5) is 0 Å². The Labute approximate surface area is 95.3 Å². The van der Waals surface area contributed by atoms with Gasteiger partial charge in [-0.1, -0.05) is 6.92 Å². The third-order valence-corrected chi connectivity index (χ3v) is 3.29. The van der Waals surface area contributed by atoms with E-state index in [9.17, 15) is 9.59 Å². The average Bonchev–Trinajstić information content (AvgIpc) is 2.75. The molecule has 2 saturated heterocycles. The lowest BCUT2D eigenvalue weighted by Gasteiger charge is -2.34. The molecule has 5 heteroatoms. The Morgan fingerprint density at radius 3 is 2.56 bits per heavy atom. The number of likely N-dealkylation sites (N-methyl/N-ethyl adjacent to an activating group) is 1. The summed E-state index contributed by atoms with van der Waals surface area (Å²) in [5.74, 6) is -0.257. The Morgan fingerprint density at radius 1 is 1.38 bits per heavy atom. The molecule has 2 aliphatic rings. The molecule has 2 aliphatic heterocycles. The molecule has 0 radical (unpaired) electrons. The van der Waals surface area contributed by atoms with Gasteiger partial charge in [0, 0.05) is 39.0 Å². The molecule has 0 aromatic carbocycles. The first-order chi connectivity index (χ1) is 7.70. The van der Waals surface area contributed by atoms with E-state index >= 15 is 0 Å². The SMILES string of the molecule is CCN1CCN(C(=O)[C@H]2CCC(=O)O2)CC1. The summed E-state index contributed by atoms with van der Waals surface area (Å²) in [7, 11) is 0. The third kappa shape index (κ3) is 2.35. The predicted octanol–water partition coefficient (Wildman–Crippen LogP) is -0.144. The number of nitrogens with zero attached hydrogens (tertiary/aromatic N) is 2. The lowest BCUT2D eigenvalue weighted by atomic mass is 10.2. The van der Waals surface area contributed by atoms with Crippen molar-refractivity contribution < 1.29 is 14.3 Å². The molecule has 2 heterocycles. The van der Waals surface area contributed by atoms with Crippen LogP contribution in [0.25, 0.3) is 0 Å². The van der Waals surface area contributed by atoms with Crippen LogP contribution in [0.15, 0.2) is 0 Å². The molecule has 0 saturated carbocycles. The van der Waals surface area contributed by atoms with E-state index < -0.39 is 6.10 Å². The van der Waals surface area contributed by atoms with Crippen molar-refractivity contribution >= 4 is 11.9 Å². The number of hydrogen-bond acceptors (Lipinski definition) is 4. The largest absolute Gasteiger partial charge is 0.452 e. The molecule has 0 N–H and O–H groups in total. The molecule has 2 rings (SSSR count). The van der Waals surface area contributed by atoms with E-state index in [1.165, 1.54) is 0 Å². The molecular formula is C11H18N2O3. The number of cyclic esters (lactones) is 1. The fourth-order valence-corrected chi connectivity index (χ4v) is 2.19. The zero-order chi connectivity index (χ0) is 11.5. The van der Waals surface area contributed by atoms with E-state index in [0.29, 0.717) is 12.8 Å². The fraction of sp³-hybridized carbons (Fsp3) is 0.818. The van der Waals surface area contributed by atoms with Crippen LogP contribution in [0.3, 0.4) is 0 Å². The van der Waals surface area contributed by atoms with E-state index in [-0.39, 0.29) is 11.9 Å². The summed E-state index contributed by atoms with van der Waals surface area (Å²) in [5.41, 5.74) is 0. The van der Waals surface area contributed by atoms with Gasteiger partial charge in [-0.3, -0.25) is 9.59 Å². The molecule has 0 aromatic rings. The minimum absolute atomic E-state index is 0.0124. The van der Waals surface area contributed by atoms with E-state index in [0.717, 1.165) is 32.7 Å². The Balaban J connectivity index is 1.84. The van der Waals surface area contributed by atoms with Gasteiger partial charge >= 0.3 is 5.97 Å². The molecular weight excluding hydrogens is 208 g/mol. The van der Waals surface area contributed by atoms with Crippen LogP contribution in [0.5, 0.6) is 0 Å². The maximum atomic E-state index is 12.0. The molecule has 1 atom stereocenters. The van der Waals surface area contributed by atoms with Crippen LogP contribution in [-0.4, -0.2) is 60.5 Å². The first kappa shape index (κ1) is 11.4. The quantitative estimate of drug-likeness (QED) is 0.615. The standard InChI is InChI=1S/C11H18N2O3/c1-2-12-5-7-13(8-6-12)11(15)9-3-4-10(14)16-9/h9H,2-8H2,1H3/t9-/m1/s1. The van der Waals surface area contributed by atoms with Gasteiger partial charge in [0.25, 0.3) is 5.91 Å². The van der Waals surface area contributed by atoms with E-state index in [1.807, 2.05) is 4.90 Å². The first-order valence-corrected chi connectivity index (χ1v) is 5.91. The Bertz CT molecular complexity index is 285. The van der Waals surface area contributed by atoms with Crippen LogP contribution in [0.2, 0.25) is 0 Å². The van der Waals surface area contributed by atoms with Crippen LogP contribution in [-0.2, 0) is 14.3 Å². The molecule has 2 fully saturated rings. The van der Waals surface area contributed by atoms with Gasteiger partial charge < -0.3 is 14.5 Å². The maximum Gasteiger partial charge on any atom is 0.306 e. The lowest BCUT2D eigenvalue weighted by Crippen LogP contribution is -2.51. The smallest absolute Gasteiger partial charge is 0.306 e. The Hall–Kier alpha value is -1.10. The van der Waals surface area contributed by atoms with Crippen LogP contribution < -0.4 is 0 Å². The van der Waals surface area contributed by atoms with Gasteiger partial charge in [-0.15, -0.1) is 0 Å². The van der Waals surface area contributed by atoms with E-state index in [1.54, 1.807) is 0 Å². The van der Waals surface area contributed by atoms with E-state index in [2.05, 4.69) is 11.8 Å². The highest BCUT2D eigenvalue weighted by Gasteiger charge is 2.33. The normalized spacial score (nSPS) is 26.9. The average molecular weight is 226 g/mol. The van der Waals surface area contributed by atoms with Crippen LogP contribution in [0.1, 0.15) is 19.8 Å². The summed E-state index contributed by atoms with van der Waals surface area (Å²) in [5, 5.41) is 0. The lowest BCUT2D eigenvalue weighted by molar-refractivity contribution is -0.153. The van der Waals surface area contributed by atoms with Crippen LogP contribution in [0, 0.1) is 0 Å². The molecule has 1 amide bonds. The monoisotopic (exact) mass is 226 g/mol. The van der Waals surface area contributed by atoms with Crippen molar-refractivity contribution in [1.29, 1.82) is 0 Å². The molecule has 0 spiro atoms. The van der Waals surface area contributed by atoms with Gasteiger partial charge in [-0.2, -0.15) is 0 Å². The second kappa shape index (κ2) is 4.82. The van der Waals surface area contributed by atoms with Gasteiger partial charge in [-0.05, 0) is 6.54 Å². The first-order valence-electron chi connectivity index (χ1n) is 5.91. The Morgan fingerprint density at radius 2 is 2.06 bits per heavy atom. The number of rotatable bonds is 2. The predicted molar refractivity (Wildman–Crippen MR) is 57.8 cm³/mol. The second-order valence-corrected chi connectivity index (χ2v) is 4.28. The highest BCUT2D eigenvalue weighted by molar-refractivity contribution is 5.86. The minimum Gasteiger partial charge on any atom is -0.452 e. The Kier molecular flexibility index (Phi) is 3.43. The summed E-state index contributed by atoms with van der Waals surface area (Å²) < 4.78 is 4.99. The maximum absolute atomic E-state index is 12.0. The molecule has 0 aromatic heterocycles. The summed E-state index contributed by atoms with van der Waals surface area (Å²) in [4.78, 5) is 27.0. The van der Waals surface area contributed by atoms with Crippen molar-refractivity contribution in [2.75, 3.05) is 32.7 Å². The number of carbonyl (C=O) groups excluding carboxylic acids is 2. The summed E-state index contributed by atoms with van der Waals surface area (Å²) in [6.45, 7) is 6.49. The van der Waals surface area contributed by atoms with Crippen molar-refractivity contribution in [3.8, 4) is 0 Å². The number of amides is 1. The van der Waals surface area contributed by atoms with Gasteiger partial charge in [0.2, 0.25) is 0 Å². The number of esters is 1. The molecule has 0 bridgehead atoms. The minimum atomic E-state index is -0.513. The fourth-order valence-electron chi connectivity index (χ4n) is 2.19. The van der Waals surface area contributed by atoms with Gasteiger partial charge in [0.05, 0.1) is 0 Å². The topological polar surface area (TPSA) is 49.9 Å². The molecule has 16 heavy (non-hydrogen) atoms. The van der Waals surface area contributed by atoms with Crippen molar-refractivity contribution in [3.63, 3.8) is 0 Å². The van der Waals surface area contributed by atoms with Crippen molar-refractivity contribution in [1.82, 2.24) is 9.80 Å². The number of ether oxygens (including phenoxy) is 1. The molecule has 90 valence electrons. The van der Waals surface area contributed by atoms with Crippen LogP contribution >= 0.6 is 0 Å². The summed E-state index contributed by atoms with van der Waals surface area (Å²) in [6, 6.07) is 0. The number of hydrogen-bond donors (Lipinski definition) is 0. The molecule has 0 aliphatic carbocycles. The zero-order valence-electron chi connectivity index (χ0n) is 9.65. The zero-order valence-corrected chi connectivity index (χ0v) is 9.65. The van der Waals surface area contributed by atoms with Gasteiger partial charge in [0.1, 0.15) is 0 Å². The highest BCUT2D eigenvalue weighted by atomic mass is 16.6. The van der Waals surface area contributed by atoms with Crippen molar-refractivity contribution in [3.05, 3.63) is 0 Å². The highest BCUT2D eigenvalue weighted by Crippen LogP contribution is 2.17. The van der Waals surface area contributed by atoms with Crippen molar-refractivity contribution in [2.45, 2.75) is 25.9 Å². The number of piperazine rings is 1. The third-order valence-electron chi connectivity index (χ3n) is 3.29. The summed E-state index contributed by atoms with van der Waals surface area (Å²) in [6.07, 6.45) is 0.414. The van der Waals surface area contributed by atoms with Gasteiger partial charge in [-0.25, -0.2) is 0 Å². The van der Waals surface area contributed by atoms with Crippen molar-refractivity contribution in [2.24, 2.45) is 0 Å². The number of carbonyl (C=O) groups is 2. The van der Waals surface area contributed by atoms with E-state index in [4.69, 9.17) is 4.74 Å². The summed E-state index contributed by atoms with van der Waals surface area (Å²) >= 11 is 0. The molecule has 0 unspecified atom stereocenters.